The van der Waals surface area contributed by atoms with Crippen LogP contribution < -0.4 is 4.74 Å². The highest BCUT2D eigenvalue weighted by molar-refractivity contribution is 5.67. The van der Waals surface area contributed by atoms with Crippen molar-refractivity contribution in [3.8, 4) is 5.75 Å². The van der Waals surface area contributed by atoms with Crippen molar-refractivity contribution in [2.24, 2.45) is 0 Å². The lowest BCUT2D eigenvalue weighted by atomic mass is 10.1. The van der Waals surface area contributed by atoms with Crippen LogP contribution in [0, 0.1) is 0 Å². The number of carboxylic acid groups (broad SMARTS) is 1. The van der Waals surface area contributed by atoms with Crippen molar-refractivity contribution >= 4 is 5.97 Å². The van der Waals surface area contributed by atoms with E-state index in [1.165, 1.54) is 0 Å². The Morgan fingerprint density at radius 3 is 2.83 bits per heavy atom. The van der Waals surface area contributed by atoms with Gasteiger partial charge in [-0.1, -0.05) is 12.1 Å². The molecule has 1 aromatic carbocycles. The second kappa shape index (κ2) is 7.71. The van der Waals surface area contributed by atoms with Gasteiger partial charge in [0.05, 0.1) is 6.61 Å². The van der Waals surface area contributed by atoms with Gasteiger partial charge in [-0.3, -0.25) is 4.79 Å². The molecule has 0 radical (unpaired) electrons. The monoisotopic (exact) mass is 251 g/mol. The summed E-state index contributed by atoms with van der Waals surface area (Å²) in [5, 5.41) is 8.63. The van der Waals surface area contributed by atoms with Crippen molar-refractivity contribution in [1.29, 1.82) is 0 Å². The SMILES string of the molecule is CN(C)CCCOc1cccc(CCC(=O)O)c1. The summed E-state index contributed by atoms with van der Waals surface area (Å²) in [6.07, 6.45) is 1.68. The van der Waals surface area contributed by atoms with Crippen LogP contribution in [-0.4, -0.2) is 43.2 Å². The van der Waals surface area contributed by atoms with Crippen LogP contribution in [0.15, 0.2) is 24.3 Å². The maximum atomic E-state index is 10.5. The Kier molecular flexibility index (Phi) is 6.22. The molecule has 1 rings (SSSR count). The molecule has 0 aromatic heterocycles. The standard InChI is InChI=1S/C14H21NO3/c1-15(2)9-4-10-18-13-6-3-5-12(11-13)7-8-14(16)17/h3,5-6,11H,4,7-10H2,1-2H3,(H,16,17). The molecule has 0 amide bonds. The van der Waals surface area contributed by atoms with Crippen molar-refractivity contribution < 1.29 is 14.6 Å². The number of aryl methyl sites for hydroxylation is 1. The highest BCUT2D eigenvalue weighted by atomic mass is 16.5. The zero-order valence-electron chi connectivity index (χ0n) is 11.1. The number of carboxylic acids is 1. The quantitative estimate of drug-likeness (QED) is 0.718. The van der Waals surface area contributed by atoms with E-state index < -0.39 is 5.97 Å². The third kappa shape index (κ3) is 6.25. The molecule has 0 aliphatic rings. The number of ether oxygens (including phenoxy) is 1. The van der Waals surface area contributed by atoms with Gasteiger partial charge in [-0.15, -0.1) is 0 Å². The number of benzene rings is 1. The Hall–Kier alpha value is -1.55. The molecule has 0 fully saturated rings. The van der Waals surface area contributed by atoms with E-state index in [0.29, 0.717) is 13.0 Å². The molecular formula is C14H21NO3. The lowest BCUT2D eigenvalue weighted by Gasteiger charge is -2.11. The van der Waals surface area contributed by atoms with Crippen molar-refractivity contribution in [3.63, 3.8) is 0 Å². The summed E-state index contributed by atoms with van der Waals surface area (Å²) in [4.78, 5) is 12.6. The molecule has 0 atom stereocenters. The summed E-state index contributed by atoms with van der Waals surface area (Å²) in [6.45, 7) is 1.68. The number of carbonyl (C=O) groups is 1. The van der Waals surface area contributed by atoms with E-state index in [2.05, 4.69) is 4.90 Å². The maximum Gasteiger partial charge on any atom is 0.303 e. The number of hydrogen-bond donors (Lipinski definition) is 1. The van der Waals surface area contributed by atoms with Crippen molar-refractivity contribution in [1.82, 2.24) is 4.90 Å². The molecule has 100 valence electrons. The molecule has 0 bridgehead atoms. The summed E-state index contributed by atoms with van der Waals surface area (Å²) in [6, 6.07) is 7.65. The Morgan fingerprint density at radius 2 is 2.17 bits per heavy atom. The second-order valence-electron chi connectivity index (χ2n) is 4.55. The molecule has 0 saturated carbocycles. The maximum absolute atomic E-state index is 10.5. The van der Waals surface area contributed by atoms with Gasteiger partial charge in [-0.05, 0) is 44.6 Å². The molecule has 1 aromatic rings. The summed E-state index contributed by atoms with van der Waals surface area (Å²) < 4.78 is 5.63. The smallest absolute Gasteiger partial charge is 0.303 e. The first-order valence-corrected chi connectivity index (χ1v) is 6.16. The topological polar surface area (TPSA) is 49.8 Å². The van der Waals surface area contributed by atoms with Gasteiger partial charge in [0.15, 0.2) is 0 Å². The molecule has 0 aliphatic heterocycles. The molecule has 0 unspecified atom stereocenters. The molecule has 0 heterocycles. The minimum Gasteiger partial charge on any atom is -0.494 e. The van der Waals surface area contributed by atoms with E-state index >= 15 is 0 Å². The summed E-state index contributed by atoms with van der Waals surface area (Å²) in [7, 11) is 4.07. The average molecular weight is 251 g/mol. The summed E-state index contributed by atoms with van der Waals surface area (Å²) in [5.41, 5.74) is 1.00. The number of rotatable bonds is 8. The largest absolute Gasteiger partial charge is 0.494 e. The third-order valence-electron chi connectivity index (χ3n) is 2.54. The Bertz CT molecular complexity index is 377. The van der Waals surface area contributed by atoms with Gasteiger partial charge in [0.25, 0.3) is 0 Å². The third-order valence-corrected chi connectivity index (χ3v) is 2.54. The minimum absolute atomic E-state index is 0.157. The van der Waals surface area contributed by atoms with E-state index in [0.717, 1.165) is 24.3 Å². The highest BCUT2D eigenvalue weighted by Crippen LogP contribution is 2.14. The van der Waals surface area contributed by atoms with Crippen LogP contribution in [0.5, 0.6) is 5.75 Å². The molecule has 4 heteroatoms. The first-order valence-electron chi connectivity index (χ1n) is 6.16. The van der Waals surface area contributed by atoms with E-state index in [1.807, 2.05) is 38.4 Å². The van der Waals surface area contributed by atoms with E-state index in [1.54, 1.807) is 0 Å². The van der Waals surface area contributed by atoms with Gasteiger partial charge >= 0.3 is 5.97 Å². The van der Waals surface area contributed by atoms with Gasteiger partial charge in [0.2, 0.25) is 0 Å². The minimum atomic E-state index is -0.771. The molecule has 1 N–H and O–H groups in total. The van der Waals surface area contributed by atoms with Crippen LogP contribution in [-0.2, 0) is 11.2 Å². The van der Waals surface area contributed by atoms with Crippen LogP contribution in [0.4, 0.5) is 0 Å². The van der Waals surface area contributed by atoms with Crippen molar-refractivity contribution in [2.45, 2.75) is 19.3 Å². The van der Waals surface area contributed by atoms with Crippen molar-refractivity contribution in [2.75, 3.05) is 27.2 Å². The van der Waals surface area contributed by atoms with Gasteiger partial charge < -0.3 is 14.7 Å². The van der Waals surface area contributed by atoms with E-state index in [-0.39, 0.29) is 6.42 Å². The van der Waals surface area contributed by atoms with Crippen LogP contribution in [0.1, 0.15) is 18.4 Å². The van der Waals surface area contributed by atoms with Gasteiger partial charge in [-0.25, -0.2) is 0 Å². The van der Waals surface area contributed by atoms with Crippen LogP contribution >= 0.6 is 0 Å². The van der Waals surface area contributed by atoms with Gasteiger partial charge in [-0.2, -0.15) is 0 Å². The number of nitrogens with zero attached hydrogens (tertiary/aromatic N) is 1. The zero-order chi connectivity index (χ0) is 13.4. The molecule has 0 spiro atoms. The first kappa shape index (κ1) is 14.5. The number of hydrogen-bond acceptors (Lipinski definition) is 3. The highest BCUT2D eigenvalue weighted by Gasteiger charge is 2.01. The fourth-order valence-electron chi connectivity index (χ4n) is 1.61. The second-order valence-corrected chi connectivity index (χ2v) is 4.55. The van der Waals surface area contributed by atoms with Gasteiger partial charge in [0, 0.05) is 13.0 Å². The van der Waals surface area contributed by atoms with Gasteiger partial charge in [0.1, 0.15) is 5.75 Å². The lowest BCUT2D eigenvalue weighted by Crippen LogP contribution is -2.15. The summed E-state index contributed by atoms with van der Waals surface area (Å²) >= 11 is 0. The normalized spacial score (nSPS) is 10.6. The fourth-order valence-corrected chi connectivity index (χ4v) is 1.61. The summed E-state index contributed by atoms with van der Waals surface area (Å²) in [5.74, 6) is 0.0453. The van der Waals surface area contributed by atoms with E-state index in [9.17, 15) is 4.79 Å². The number of aliphatic carboxylic acids is 1. The average Bonchev–Trinajstić information content (AvgIpc) is 2.32. The van der Waals surface area contributed by atoms with Crippen molar-refractivity contribution in [3.05, 3.63) is 29.8 Å². The predicted octanol–water partition coefficient (Wildman–Crippen LogP) is 2.03. The van der Waals surface area contributed by atoms with Crippen LogP contribution in [0.2, 0.25) is 0 Å². The molecule has 0 aliphatic carbocycles. The molecule has 18 heavy (non-hydrogen) atoms. The Morgan fingerprint density at radius 1 is 1.39 bits per heavy atom. The predicted molar refractivity (Wildman–Crippen MR) is 71.1 cm³/mol. The molecule has 4 nitrogen and oxygen atoms in total. The molecule has 0 saturated heterocycles. The lowest BCUT2D eigenvalue weighted by molar-refractivity contribution is -0.136. The van der Waals surface area contributed by atoms with Crippen LogP contribution in [0.25, 0.3) is 0 Å². The Labute approximate surface area is 108 Å². The van der Waals surface area contributed by atoms with E-state index in [4.69, 9.17) is 9.84 Å². The fraction of sp³-hybridized carbons (Fsp3) is 0.500. The molecular weight excluding hydrogens is 230 g/mol. The zero-order valence-corrected chi connectivity index (χ0v) is 11.1. The first-order chi connectivity index (χ1) is 8.58. The Balaban J connectivity index is 2.37. The van der Waals surface area contributed by atoms with Crippen LogP contribution in [0.3, 0.4) is 0 Å².